The molecule has 1 fully saturated rings. The van der Waals surface area contributed by atoms with Gasteiger partial charge in [-0.25, -0.2) is 0 Å². The van der Waals surface area contributed by atoms with Crippen molar-refractivity contribution in [3.8, 4) is 0 Å². The highest BCUT2D eigenvalue weighted by Gasteiger charge is 2.19. The topological polar surface area (TPSA) is 34.0 Å². The summed E-state index contributed by atoms with van der Waals surface area (Å²) in [6, 6.07) is 0. The third-order valence-electron chi connectivity index (χ3n) is 2.42. The van der Waals surface area contributed by atoms with Crippen LogP contribution in [0.15, 0.2) is 12.7 Å². The Bertz CT molecular complexity index is 231. The van der Waals surface area contributed by atoms with Crippen LogP contribution in [0, 0.1) is 5.92 Å². The lowest BCUT2D eigenvalue weighted by Gasteiger charge is -2.09. The molecule has 12 heavy (non-hydrogen) atoms. The van der Waals surface area contributed by atoms with Gasteiger partial charge in [0.05, 0.1) is 0 Å². The summed E-state index contributed by atoms with van der Waals surface area (Å²) >= 11 is 0. The molecule has 1 aliphatic rings. The Balaban J connectivity index is 1.88. The lowest BCUT2D eigenvalue weighted by molar-refractivity contribution is 0.378. The van der Waals surface area contributed by atoms with Gasteiger partial charge in [-0.3, -0.25) is 0 Å². The molecule has 0 saturated carbocycles. The van der Waals surface area contributed by atoms with E-state index in [-0.39, 0.29) is 0 Å². The quantitative estimate of drug-likeness (QED) is 0.630. The van der Waals surface area contributed by atoms with Gasteiger partial charge in [-0.1, -0.05) is 0 Å². The van der Waals surface area contributed by atoms with Crippen molar-refractivity contribution < 1.29 is 0 Å². The van der Waals surface area contributed by atoms with Crippen molar-refractivity contribution >= 4 is 0 Å². The first-order valence-corrected chi connectivity index (χ1v) is 4.35. The van der Waals surface area contributed by atoms with Crippen molar-refractivity contribution in [2.45, 2.75) is 13.0 Å². The van der Waals surface area contributed by atoms with Gasteiger partial charge in [0.15, 0.2) is 0 Å². The molecular weight excluding hydrogens is 152 g/mol. The summed E-state index contributed by atoms with van der Waals surface area (Å²) < 4.78 is 2.06. The third kappa shape index (κ3) is 1.64. The summed E-state index contributed by atoms with van der Waals surface area (Å²) in [6.45, 7) is 3.50. The third-order valence-corrected chi connectivity index (χ3v) is 2.42. The van der Waals surface area contributed by atoms with Gasteiger partial charge in [-0.15, -0.1) is 10.2 Å². The highest BCUT2D eigenvalue weighted by Crippen LogP contribution is 2.15. The second-order valence-electron chi connectivity index (χ2n) is 3.58. The summed E-state index contributed by atoms with van der Waals surface area (Å²) in [5.41, 5.74) is 0. The lowest BCUT2D eigenvalue weighted by atomic mass is 10.1. The van der Waals surface area contributed by atoms with Crippen LogP contribution >= 0.6 is 0 Å². The van der Waals surface area contributed by atoms with Crippen molar-refractivity contribution in [1.29, 1.82) is 0 Å². The van der Waals surface area contributed by atoms with Crippen LogP contribution in [0.1, 0.15) is 6.42 Å². The molecule has 0 aliphatic carbocycles. The predicted octanol–water partition coefficient (Wildman–Crippen LogP) is 0.230. The standard InChI is InChI=1S/C8H14N4/c1-11-3-2-8(4-11)5-12-6-9-10-7-12/h6-8H,2-5H2,1H3. The fraction of sp³-hybridized carbons (Fsp3) is 0.750. The Morgan fingerprint density at radius 2 is 2.17 bits per heavy atom. The Kier molecular flexibility index (Phi) is 2.08. The minimum absolute atomic E-state index is 0.783. The van der Waals surface area contributed by atoms with E-state index in [2.05, 4.69) is 26.7 Å². The summed E-state index contributed by atoms with van der Waals surface area (Å²) in [7, 11) is 2.17. The van der Waals surface area contributed by atoms with Crippen LogP contribution in [0.5, 0.6) is 0 Å². The first-order valence-electron chi connectivity index (χ1n) is 4.35. The molecule has 2 rings (SSSR count). The second-order valence-corrected chi connectivity index (χ2v) is 3.58. The van der Waals surface area contributed by atoms with E-state index in [9.17, 15) is 0 Å². The molecule has 1 atom stereocenters. The fourth-order valence-electron chi connectivity index (χ4n) is 1.79. The molecule has 0 radical (unpaired) electrons. The zero-order chi connectivity index (χ0) is 8.39. The molecule has 0 bridgehead atoms. The van der Waals surface area contributed by atoms with E-state index >= 15 is 0 Å². The molecule has 2 heterocycles. The van der Waals surface area contributed by atoms with E-state index in [0.29, 0.717) is 0 Å². The molecule has 0 amide bonds. The smallest absolute Gasteiger partial charge is 0.119 e. The van der Waals surface area contributed by atoms with E-state index in [0.717, 1.165) is 12.5 Å². The van der Waals surface area contributed by atoms with Crippen LogP contribution < -0.4 is 0 Å². The molecular formula is C8H14N4. The van der Waals surface area contributed by atoms with Crippen LogP contribution in [-0.2, 0) is 6.54 Å². The van der Waals surface area contributed by atoms with Crippen molar-refractivity contribution in [3.05, 3.63) is 12.7 Å². The predicted molar refractivity (Wildman–Crippen MR) is 45.6 cm³/mol. The summed E-state index contributed by atoms with van der Waals surface area (Å²) in [5.74, 6) is 0.783. The van der Waals surface area contributed by atoms with Crippen LogP contribution in [0.25, 0.3) is 0 Å². The molecule has 1 aliphatic heterocycles. The Labute approximate surface area is 72.2 Å². The first kappa shape index (κ1) is 7.73. The molecule has 1 saturated heterocycles. The van der Waals surface area contributed by atoms with Crippen LogP contribution in [-0.4, -0.2) is 39.8 Å². The summed E-state index contributed by atoms with van der Waals surface area (Å²) in [4.78, 5) is 2.37. The molecule has 66 valence electrons. The van der Waals surface area contributed by atoms with Crippen molar-refractivity contribution in [2.24, 2.45) is 5.92 Å². The van der Waals surface area contributed by atoms with E-state index in [1.807, 2.05) is 0 Å². The molecule has 1 aromatic rings. The largest absolute Gasteiger partial charge is 0.320 e. The van der Waals surface area contributed by atoms with Gasteiger partial charge in [0.1, 0.15) is 12.7 Å². The maximum atomic E-state index is 3.78. The van der Waals surface area contributed by atoms with Gasteiger partial charge in [0.2, 0.25) is 0 Å². The van der Waals surface area contributed by atoms with E-state index in [1.54, 1.807) is 12.7 Å². The van der Waals surface area contributed by atoms with E-state index in [4.69, 9.17) is 0 Å². The first-order chi connectivity index (χ1) is 5.84. The number of hydrogen-bond acceptors (Lipinski definition) is 3. The van der Waals surface area contributed by atoms with E-state index in [1.165, 1.54) is 19.5 Å². The molecule has 0 aromatic carbocycles. The maximum absolute atomic E-state index is 3.78. The van der Waals surface area contributed by atoms with Gasteiger partial charge in [-0.05, 0) is 25.9 Å². The van der Waals surface area contributed by atoms with Crippen molar-refractivity contribution in [2.75, 3.05) is 20.1 Å². The second kappa shape index (κ2) is 3.23. The van der Waals surface area contributed by atoms with Gasteiger partial charge in [0, 0.05) is 13.1 Å². The van der Waals surface area contributed by atoms with Gasteiger partial charge >= 0.3 is 0 Å². The zero-order valence-corrected chi connectivity index (χ0v) is 7.35. The SMILES string of the molecule is CN1CCC(Cn2cnnc2)C1. The molecule has 4 nitrogen and oxygen atoms in total. The van der Waals surface area contributed by atoms with Crippen molar-refractivity contribution in [1.82, 2.24) is 19.7 Å². The Hall–Kier alpha value is -0.900. The highest BCUT2D eigenvalue weighted by molar-refractivity contribution is 4.74. The number of hydrogen-bond donors (Lipinski definition) is 0. The van der Waals surface area contributed by atoms with Gasteiger partial charge in [0.25, 0.3) is 0 Å². The average Bonchev–Trinajstić information content (AvgIpc) is 2.63. The van der Waals surface area contributed by atoms with Crippen LogP contribution in [0.2, 0.25) is 0 Å². The minimum Gasteiger partial charge on any atom is -0.320 e. The minimum atomic E-state index is 0.783. The van der Waals surface area contributed by atoms with Crippen LogP contribution in [0.4, 0.5) is 0 Å². The highest BCUT2D eigenvalue weighted by atomic mass is 15.2. The summed E-state index contributed by atoms with van der Waals surface area (Å²) in [5, 5.41) is 7.57. The molecule has 1 aromatic heterocycles. The van der Waals surface area contributed by atoms with E-state index < -0.39 is 0 Å². The van der Waals surface area contributed by atoms with Gasteiger partial charge in [-0.2, -0.15) is 0 Å². The average molecular weight is 166 g/mol. The Morgan fingerprint density at radius 3 is 2.75 bits per heavy atom. The summed E-state index contributed by atoms with van der Waals surface area (Å²) in [6.07, 6.45) is 4.88. The normalized spacial score (nSPS) is 24.9. The van der Waals surface area contributed by atoms with Crippen LogP contribution in [0.3, 0.4) is 0 Å². The number of aromatic nitrogens is 3. The monoisotopic (exact) mass is 166 g/mol. The number of nitrogens with zero attached hydrogens (tertiary/aromatic N) is 4. The molecule has 0 N–H and O–H groups in total. The number of rotatable bonds is 2. The molecule has 4 heteroatoms. The zero-order valence-electron chi connectivity index (χ0n) is 7.35. The van der Waals surface area contributed by atoms with Gasteiger partial charge < -0.3 is 9.47 Å². The Morgan fingerprint density at radius 1 is 1.42 bits per heavy atom. The van der Waals surface area contributed by atoms with Crippen molar-refractivity contribution in [3.63, 3.8) is 0 Å². The fourth-order valence-corrected chi connectivity index (χ4v) is 1.79. The maximum Gasteiger partial charge on any atom is 0.119 e. The molecule has 0 spiro atoms. The molecule has 1 unspecified atom stereocenters. The lowest BCUT2D eigenvalue weighted by Crippen LogP contribution is -2.16. The number of likely N-dealkylation sites (tertiary alicyclic amines) is 1.